The number of nitrogens with one attached hydrogen (secondary N) is 1. The number of nitrogens with zero attached hydrogens (tertiary/aromatic N) is 2. The predicted molar refractivity (Wildman–Crippen MR) is 90.0 cm³/mol. The minimum Gasteiger partial charge on any atom is -0.450 e. The van der Waals surface area contributed by atoms with E-state index in [9.17, 15) is 14.0 Å². The van der Waals surface area contributed by atoms with Crippen molar-refractivity contribution in [2.45, 2.75) is 13.8 Å². The zero-order chi connectivity index (χ0) is 18.1. The van der Waals surface area contributed by atoms with Crippen LogP contribution in [0, 0.1) is 5.82 Å². The van der Waals surface area contributed by atoms with Crippen molar-refractivity contribution in [3.05, 3.63) is 24.0 Å². The minimum absolute atomic E-state index is 0.188. The van der Waals surface area contributed by atoms with E-state index < -0.39 is 18.0 Å². The van der Waals surface area contributed by atoms with Crippen molar-refractivity contribution >= 4 is 23.6 Å². The Kier molecular flexibility index (Phi) is 7.97. The Bertz CT molecular complexity index is 566. The fourth-order valence-corrected chi connectivity index (χ4v) is 1.92. The van der Waals surface area contributed by atoms with Gasteiger partial charge in [-0.05, 0) is 46.1 Å². The molecule has 0 spiro atoms. The average molecular weight is 341 g/mol. The van der Waals surface area contributed by atoms with Gasteiger partial charge in [0, 0.05) is 13.1 Å². The van der Waals surface area contributed by atoms with Gasteiger partial charge in [-0.1, -0.05) is 0 Å². The number of anilines is 2. The Balaban J connectivity index is 3.15. The van der Waals surface area contributed by atoms with Crippen LogP contribution in [0.15, 0.2) is 18.2 Å². The van der Waals surface area contributed by atoms with E-state index in [1.165, 1.54) is 23.1 Å². The second-order valence-corrected chi connectivity index (χ2v) is 5.16. The SMILES string of the molecule is CCOC(=O)Nc1ccc(F)cc1N(CCN(C)C)C(=O)OCC. The van der Waals surface area contributed by atoms with Crippen LogP contribution in [0.4, 0.5) is 25.4 Å². The standard InChI is InChI=1S/C16H24FN3O4/c1-5-23-15(21)18-13-8-7-12(17)11-14(13)20(10-9-19(3)4)16(22)24-6-2/h7-8,11H,5-6,9-10H2,1-4H3,(H,18,21). The number of ether oxygens (including phenoxy) is 2. The highest BCUT2D eigenvalue weighted by Gasteiger charge is 2.22. The van der Waals surface area contributed by atoms with Crippen LogP contribution in [0.5, 0.6) is 0 Å². The maximum atomic E-state index is 13.7. The molecule has 1 aromatic rings. The van der Waals surface area contributed by atoms with Gasteiger partial charge in [0.15, 0.2) is 0 Å². The van der Waals surface area contributed by atoms with Crippen molar-refractivity contribution in [1.29, 1.82) is 0 Å². The molecule has 1 N–H and O–H groups in total. The summed E-state index contributed by atoms with van der Waals surface area (Å²) in [6.07, 6.45) is -1.29. The highest BCUT2D eigenvalue weighted by molar-refractivity contribution is 5.96. The molecule has 0 saturated carbocycles. The molecule has 0 saturated heterocycles. The Morgan fingerprint density at radius 3 is 2.38 bits per heavy atom. The normalized spacial score (nSPS) is 10.4. The molecule has 0 atom stereocenters. The molecule has 8 heteroatoms. The van der Waals surface area contributed by atoms with E-state index in [-0.39, 0.29) is 31.1 Å². The molecule has 2 amide bonds. The lowest BCUT2D eigenvalue weighted by molar-refractivity contribution is 0.159. The molecule has 0 fully saturated rings. The van der Waals surface area contributed by atoms with Gasteiger partial charge in [0.1, 0.15) is 5.82 Å². The fraction of sp³-hybridized carbons (Fsp3) is 0.500. The average Bonchev–Trinajstić information content (AvgIpc) is 2.50. The zero-order valence-corrected chi connectivity index (χ0v) is 14.5. The molecule has 24 heavy (non-hydrogen) atoms. The van der Waals surface area contributed by atoms with E-state index in [0.717, 1.165) is 0 Å². The maximum absolute atomic E-state index is 13.7. The van der Waals surface area contributed by atoms with Crippen LogP contribution in [-0.4, -0.2) is 57.5 Å². The van der Waals surface area contributed by atoms with Crippen molar-refractivity contribution in [3.63, 3.8) is 0 Å². The Morgan fingerprint density at radius 2 is 1.79 bits per heavy atom. The first-order valence-corrected chi connectivity index (χ1v) is 7.71. The molecule has 1 aromatic carbocycles. The van der Waals surface area contributed by atoms with Gasteiger partial charge in [-0.15, -0.1) is 0 Å². The van der Waals surface area contributed by atoms with E-state index >= 15 is 0 Å². The van der Waals surface area contributed by atoms with E-state index in [2.05, 4.69) is 5.32 Å². The smallest absolute Gasteiger partial charge is 0.414 e. The second-order valence-electron chi connectivity index (χ2n) is 5.16. The van der Waals surface area contributed by atoms with Crippen LogP contribution >= 0.6 is 0 Å². The first kappa shape index (κ1) is 19.7. The molecular weight excluding hydrogens is 317 g/mol. The molecule has 134 valence electrons. The summed E-state index contributed by atoms with van der Waals surface area (Å²) in [6.45, 7) is 4.55. The van der Waals surface area contributed by atoms with Crippen molar-refractivity contribution in [2.24, 2.45) is 0 Å². The third kappa shape index (κ3) is 6.04. The number of hydrogen-bond donors (Lipinski definition) is 1. The Labute approximate surface area is 141 Å². The summed E-state index contributed by atoms with van der Waals surface area (Å²) in [5.41, 5.74) is 0.477. The van der Waals surface area contributed by atoms with Crippen LogP contribution in [-0.2, 0) is 9.47 Å². The molecule has 7 nitrogen and oxygen atoms in total. The minimum atomic E-state index is -0.679. The number of amides is 2. The summed E-state index contributed by atoms with van der Waals surface area (Å²) in [4.78, 5) is 27.1. The molecule has 0 heterocycles. The summed E-state index contributed by atoms with van der Waals surface area (Å²) in [5.74, 6) is -0.529. The van der Waals surface area contributed by atoms with Crippen LogP contribution in [0.3, 0.4) is 0 Å². The lowest BCUT2D eigenvalue weighted by Crippen LogP contribution is -2.38. The topological polar surface area (TPSA) is 71.1 Å². The molecular formula is C16H24FN3O4. The summed E-state index contributed by atoms with van der Waals surface area (Å²) >= 11 is 0. The van der Waals surface area contributed by atoms with Gasteiger partial charge in [0.2, 0.25) is 0 Å². The molecule has 0 aliphatic heterocycles. The molecule has 0 radical (unpaired) electrons. The predicted octanol–water partition coefficient (Wildman–Crippen LogP) is 2.92. The van der Waals surface area contributed by atoms with E-state index in [1.807, 2.05) is 19.0 Å². The van der Waals surface area contributed by atoms with Gasteiger partial charge in [-0.3, -0.25) is 10.2 Å². The molecule has 0 unspecified atom stereocenters. The number of rotatable bonds is 7. The highest BCUT2D eigenvalue weighted by Crippen LogP contribution is 2.28. The van der Waals surface area contributed by atoms with Gasteiger partial charge in [-0.2, -0.15) is 0 Å². The van der Waals surface area contributed by atoms with Crippen LogP contribution < -0.4 is 10.2 Å². The van der Waals surface area contributed by atoms with Gasteiger partial charge in [0.25, 0.3) is 0 Å². The molecule has 0 aromatic heterocycles. The summed E-state index contributed by atoms with van der Waals surface area (Å²) < 4.78 is 23.6. The van der Waals surface area contributed by atoms with Gasteiger partial charge < -0.3 is 14.4 Å². The molecule has 0 aliphatic rings. The van der Waals surface area contributed by atoms with Crippen molar-refractivity contribution < 1.29 is 23.5 Å². The Hall–Kier alpha value is -2.35. The summed E-state index contributed by atoms with van der Waals surface area (Å²) in [6, 6.07) is 3.75. The molecule has 0 aliphatic carbocycles. The number of likely N-dealkylation sites (N-methyl/N-ethyl adjacent to an activating group) is 1. The van der Waals surface area contributed by atoms with Crippen molar-refractivity contribution in [1.82, 2.24) is 4.90 Å². The monoisotopic (exact) mass is 341 g/mol. The lowest BCUT2D eigenvalue weighted by Gasteiger charge is -2.25. The first-order valence-electron chi connectivity index (χ1n) is 7.71. The van der Waals surface area contributed by atoms with E-state index in [4.69, 9.17) is 9.47 Å². The van der Waals surface area contributed by atoms with Crippen LogP contribution in [0.2, 0.25) is 0 Å². The third-order valence-corrected chi connectivity index (χ3v) is 3.02. The molecule has 1 rings (SSSR count). The maximum Gasteiger partial charge on any atom is 0.414 e. The van der Waals surface area contributed by atoms with Crippen LogP contribution in [0.1, 0.15) is 13.8 Å². The number of benzene rings is 1. The van der Waals surface area contributed by atoms with Gasteiger partial charge in [0.05, 0.1) is 24.6 Å². The van der Waals surface area contributed by atoms with E-state index in [1.54, 1.807) is 13.8 Å². The van der Waals surface area contributed by atoms with Gasteiger partial charge >= 0.3 is 12.2 Å². The fourth-order valence-electron chi connectivity index (χ4n) is 1.92. The van der Waals surface area contributed by atoms with Gasteiger partial charge in [-0.25, -0.2) is 14.0 Å². The largest absolute Gasteiger partial charge is 0.450 e. The first-order chi connectivity index (χ1) is 11.4. The Morgan fingerprint density at radius 1 is 1.12 bits per heavy atom. The highest BCUT2D eigenvalue weighted by atomic mass is 19.1. The lowest BCUT2D eigenvalue weighted by atomic mass is 10.2. The quantitative estimate of drug-likeness (QED) is 0.826. The number of carbonyl (C=O) groups is 2. The second kappa shape index (κ2) is 9.71. The number of hydrogen-bond acceptors (Lipinski definition) is 5. The van der Waals surface area contributed by atoms with Crippen molar-refractivity contribution in [3.8, 4) is 0 Å². The third-order valence-electron chi connectivity index (χ3n) is 3.02. The number of halogens is 1. The van der Waals surface area contributed by atoms with E-state index in [0.29, 0.717) is 6.54 Å². The van der Waals surface area contributed by atoms with Crippen molar-refractivity contribution in [2.75, 3.05) is 50.6 Å². The molecule has 0 bridgehead atoms. The summed E-state index contributed by atoms with van der Waals surface area (Å²) in [7, 11) is 3.71. The van der Waals surface area contributed by atoms with Crippen LogP contribution in [0.25, 0.3) is 0 Å². The zero-order valence-electron chi connectivity index (χ0n) is 14.5. The number of carbonyl (C=O) groups excluding carboxylic acids is 2. The summed E-state index contributed by atoms with van der Waals surface area (Å²) in [5, 5.41) is 2.51.